The second kappa shape index (κ2) is 9.67. The lowest BCUT2D eigenvalue weighted by Gasteiger charge is -2.14. The molecule has 0 unspecified atom stereocenters. The standard InChI is InChI=1S/C21H14F7N5O4/c1-9-5-11(15-30-18(36-32-15)20(23,24)25)6-10(2)14(9)34-3-4-35-17-13(22)7-12(8-29-17)16-31-19(37-33-16)21(26,27)28/h5-8H,3-4H2,1-2H3. The third kappa shape index (κ3) is 5.78. The number of aromatic nitrogens is 5. The van der Waals surface area contributed by atoms with E-state index in [0.717, 1.165) is 12.3 Å². The van der Waals surface area contributed by atoms with Gasteiger partial charge in [-0.25, -0.2) is 9.37 Å². The summed E-state index contributed by atoms with van der Waals surface area (Å²) in [6.45, 7) is 3.08. The average Bonchev–Trinajstić information content (AvgIpc) is 3.49. The van der Waals surface area contributed by atoms with Gasteiger partial charge in [0.2, 0.25) is 11.6 Å². The Morgan fingerprint density at radius 3 is 1.76 bits per heavy atom. The van der Waals surface area contributed by atoms with E-state index in [2.05, 4.69) is 34.3 Å². The summed E-state index contributed by atoms with van der Waals surface area (Å²) in [5.74, 6) is -4.80. The van der Waals surface area contributed by atoms with Crippen molar-refractivity contribution in [3.8, 4) is 34.4 Å². The van der Waals surface area contributed by atoms with Crippen LogP contribution in [0.5, 0.6) is 11.6 Å². The number of hydrogen-bond acceptors (Lipinski definition) is 9. The van der Waals surface area contributed by atoms with Gasteiger partial charge in [-0.3, -0.25) is 0 Å². The highest BCUT2D eigenvalue weighted by Gasteiger charge is 2.39. The number of hydrogen-bond donors (Lipinski definition) is 0. The van der Waals surface area contributed by atoms with Crippen LogP contribution in [-0.2, 0) is 12.4 Å². The first-order valence-corrected chi connectivity index (χ1v) is 10.2. The molecule has 4 aromatic rings. The summed E-state index contributed by atoms with van der Waals surface area (Å²) in [4.78, 5) is 10.2. The summed E-state index contributed by atoms with van der Waals surface area (Å²) in [5.41, 5.74) is 1.24. The topological polar surface area (TPSA) is 109 Å². The summed E-state index contributed by atoms with van der Waals surface area (Å²) in [7, 11) is 0. The predicted molar refractivity (Wildman–Crippen MR) is 108 cm³/mol. The molecule has 0 saturated heterocycles. The van der Waals surface area contributed by atoms with E-state index in [1.807, 2.05) is 0 Å². The molecular formula is C21H14F7N5O4. The molecule has 0 fully saturated rings. The van der Waals surface area contributed by atoms with Crippen LogP contribution in [0, 0.1) is 19.7 Å². The Morgan fingerprint density at radius 1 is 0.757 bits per heavy atom. The van der Waals surface area contributed by atoms with E-state index < -0.39 is 41.7 Å². The van der Waals surface area contributed by atoms with E-state index >= 15 is 0 Å². The van der Waals surface area contributed by atoms with Crippen LogP contribution < -0.4 is 9.47 Å². The van der Waals surface area contributed by atoms with Gasteiger partial charge in [0.25, 0.3) is 5.88 Å². The summed E-state index contributed by atoms with van der Waals surface area (Å²) in [6, 6.07) is 3.86. The maximum Gasteiger partial charge on any atom is 0.471 e. The van der Waals surface area contributed by atoms with Crippen molar-refractivity contribution in [1.29, 1.82) is 0 Å². The molecule has 0 amide bonds. The number of pyridine rings is 1. The Bertz CT molecular complexity index is 1390. The zero-order valence-electron chi connectivity index (χ0n) is 18.7. The van der Waals surface area contributed by atoms with Crippen molar-refractivity contribution >= 4 is 0 Å². The SMILES string of the molecule is Cc1cc(-c2noc(C(F)(F)F)n2)cc(C)c1OCCOc1ncc(-c2noc(C(F)(F)F)n2)cc1F. The van der Waals surface area contributed by atoms with E-state index in [1.54, 1.807) is 13.8 Å². The molecule has 196 valence electrons. The lowest BCUT2D eigenvalue weighted by molar-refractivity contribution is -0.160. The second-order valence-electron chi connectivity index (χ2n) is 7.49. The minimum absolute atomic E-state index is 0.0654. The zero-order valence-corrected chi connectivity index (χ0v) is 18.7. The van der Waals surface area contributed by atoms with Crippen LogP contribution in [0.25, 0.3) is 22.8 Å². The summed E-state index contributed by atoms with van der Waals surface area (Å²) in [5, 5.41) is 6.50. The number of ether oxygens (including phenoxy) is 2. The van der Waals surface area contributed by atoms with Crippen LogP contribution in [0.2, 0.25) is 0 Å². The van der Waals surface area contributed by atoms with E-state index in [4.69, 9.17) is 9.47 Å². The first-order chi connectivity index (χ1) is 17.3. The number of aryl methyl sites for hydroxylation is 2. The quantitative estimate of drug-likeness (QED) is 0.227. The molecule has 37 heavy (non-hydrogen) atoms. The number of benzene rings is 1. The average molecular weight is 533 g/mol. The van der Waals surface area contributed by atoms with E-state index in [1.165, 1.54) is 12.1 Å². The number of rotatable bonds is 7. The largest absolute Gasteiger partial charge is 0.489 e. The van der Waals surface area contributed by atoms with Crippen LogP contribution in [0.4, 0.5) is 30.7 Å². The maximum atomic E-state index is 14.3. The summed E-state index contributed by atoms with van der Waals surface area (Å²) in [6.07, 6.45) is -8.60. The highest BCUT2D eigenvalue weighted by Crippen LogP contribution is 2.33. The lowest BCUT2D eigenvalue weighted by atomic mass is 10.1. The highest BCUT2D eigenvalue weighted by molar-refractivity contribution is 5.61. The molecule has 1 aromatic carbocycles. The molecule has 3 aromatic heterocycles. The Balaban J connectivity index is 1.37. The number of nitrogens with zero attached hydrogens (tertiary/aromatic N) is 5. The Morgan fingerprint density at radius 2 is 1.27 bits per heavy atom. The monoisotopic (exact) mass is 533 g/mol. The molecular weight excluding hydrogens is 519 g/mol. The molecule has 3 heterocycles. The highest BCUT2D eigenvalue weighted by atomic mass is 19.4. The zero-order chi connectivity index (χ0) is 27.0. The van der Waals surface area contributed by atoms with Crippen molar-refractivity contribution in [1.82, 2.24) is 25.3 Å². The van der Waals surface area contributed by atoms with Crippen molar-refractivity contribution in [2.24, 2.45) is 0 Å². The van der Waals surface area contributed by atoms with Gasteiger partial charge >= 0.3 is 24.1 Å². The smallest absolute Gasteiger partial charge is 0.471 e. The van der Waals surface area contributed by atoms with E-state index in [9.17, 15) is 30.7 Å². The minimum atomic E-state index is -4.85. The van der Waals surface area contributed by atoms with Crippen molar-refractivity contribution in [3.05, 3.63) is 53.1 Å². The summed E-state index contributed by atoms with van der Waals surface area (Å²) >= 11 is 0. The third-order valence-corrected chi connectivity index (χ3v) is 4.69. The fourth-order valence-corrected chi connectivity index (χ4v) is 3.15. The molecule has 0 aliphatic rings. The van der Waals surface area contributed by atoms with E-state index in [-0.39, 0.29) is 30.2 Å². The molecule has 0 aliphatic heterocycles. The van der Waals surface area contributed by atoms with Crippen LogP contribution >= 0.6 is 0 Å². The number of halogens is 7. The van der Waals surface area contributed by atoms with Gasteiger partial charge in [0.15, 0.2) is 5.82 Å². The van der Waals surface area contributed by atoms with Crippen molar-refractivity contribution in [2.45, 2.75) is 26.2 Å². The second-order valence-corrected chi connectivity index (χ2v) is 7.49. The number of alkyl halides is 6. The van der Waals surface area contributed by atoms with Gasteiger partial charge in [0.1, 0.15) is 19.0 Å². The molecule has 0 aliphatic carbocycles. The fourth-order valence-electron chi connectivity index (χ4n) is 3.15. The molecule has 16 heteroatoms. The maximum absolute atomic E-state index is 14.3. The molecule has 0 atom stereocenters. The van der Waals surface area contributed by atoms with Crippen LogP contribution in [0.15, 0.2) is 33.4 Å². The molecule has 0 spiro atoms. The minimum Gasteiger partial charge on any atom is -0.489 e. The normalized spacial score (nSPS) is 12.1. The fraction of sp³-hybridized carbons (Fsp3) is 0.286. The van der Waals surface area contributed by atoms with Gasteiger partial charge in [-0.05, 0) is 43.2 Å². The molecule has 0 saturated carbocycles. The molecule has 9 nitrogen and oxygen atoms in total. The van der Waals surface area contributed by atoms with Gasteiger partial charge < -0.3 is 18.5 Å². The molecule has 0 N–H and O–H groups in total. The van der Waals surface area contributed by atoms with Crippen LogP contribution in [0.1, 0.15) is 22.9 Å². The van der Waals surface area contributed by atoms with Crippen molar-refractivity contribution in [3.63, 3.8) is 0 Å². The first kappa shape index (κ1) is 25.8. The Hall–Kier alpha value is -4.24. The van der Waals surface area contributed by atoms with Gasteiger partial charge in [-0.1, -0.05) is 10.3 Å². The summed E-state index contributed by atoms with van der Waals surface area (Å²) < 4.78 is 109. The van der Waals surface area contributed by atoms with Gasteiger partial charge in [0.05, 0.1) is 0 Å². The van der Waals surface area contributed by atoms with Crippen molar-refractivity contribution in [2.75, 3.05) is 13.2 Å². The van der Waals surface area contributed by atoms with Crippen LogP contribution in [0.3, 0.4) is 0 Å². The van der Waals surface area contributed by atoms with Gasteiger partial charge in [-0.15, -0.1) is 0 Å². The Labute approximate surface area is 202 Å². The van der Waals surface area contributed by atoms with Crippen molar-refractivity contribution < 1.29 is 49.3 Å². The molecule has 0 bridgehead atoms. The van der Waals surface area contributed by atoms with E-state index in [0.29, 0.717) is 16.9 Å². The third-order valence-electron chi connectivity index (χ3n) is 4.69. The Kier molecular flexibility index (Phi) is 6.75. The lowest BCUT2D eigenvalue weighted by Crippen LogP contribution is -2.12. The predicted octanol–water partition coefficient (Wildman–Crippen LogP) is 5.43. The van der Waals surface area contributed by atoms with Crippen LogP contribution in [-0.4, -0.2) is 38.5 Å². The molecule has 0 radical (unpaired) electrons. The molecule has 4 rings (SSSR count). The first-order valence-electron chi connectivity index (χ1n) is 10.2. The van der Waals surface area contributed by atoms with Gasteiger partial charge in [0, 0.05) is 17.3 Å². The van der Waals surface area contributed by atoms with Gasteiger partial charge in [-0.2, -0.15) is 36.3 Å².